The Morgan fingerprint density at radius 2 is 1.36 bits per heavy atom. The van der Waals surface area contributed by atoms with Crippen LogP contribution < -0.4 is 88.2 Å². The zero-order valence-corrected chi connectivity index (χ0v) is 44.6. The molecule has 330 valence electrons. The minimum Gasteiger partial charge on any atom is -1.00 e. The fourth-order valence-electron chi connectivity index (χ4n) is 8.57. The zero-order valence-electron chi connectivity index (χ0n) is 36.3. The Morgan fingerprint density at radius 1 is 0.797 bits per heavy atom. The smallest absolute Gasteiger partial charge is 1.00 e. The van der Waals surface area contributed by atoms with E-state index in [0.717, 1.165) is 89.6 Å². The van der Waals surface area contributed by atoms with Crippen molar-refractivity contribution in [2.45, 2.75) is 189 Å². The van der Waals surface area contributed by atoms with Gasteiger partial charge in [0.25, 0.3) is 0 Å². The summed E-state index contributed by atoms with van der Waals surface area (Å²) < 4.78 is 17.4. The Morgan fingerprint density at radius 3 is 1.86 bits per heavy atom. The number of rotatable bonds is 21. The molecule has 3 saturated heterocycles. The van der Waals surface area contributed by atoms with E-state index in [0.29, 0.717) is 41.9 Å². The van der Waals surface area contributed by atoms with Crippen LogP contribution >= 0.6 is 22.6 Å². The Kier molecular flexibility index (Phi) is 35.2. The summed E-state index contributed by atoms with van der Waals surface area (Å²) in [4.78, 5) is 21.1. The van der Waals surface area contributed by atoms with Crippen LogP contribution in [0.15, 0.2) is 36.1 Å². The molecule has 0 aromatic rings. The predicted octanol–water partition coefficient (Wildman–Crippen LogP) is -2.42. The molecule has 2 saturated carbocycles. The van der Waals surface area contributed by atoms with E-state index in [9.17, 15) is 35.1 Å². The molecule has 15 heteroatoms. The maximum atomic E-state index is 10.7. The van der Waals surface area contributed by atoms with E-state index in [1.807, 2.05) is 30.4 Å². The van der Waals surface area contributed by atoms with Crippen LogP contribution in [0, 0.1) is 23.7 Å². The van der Waals surface area contributed by atoms with Gasteiger partial charge in [-0.3, -0.25) is 4.79 Å². The van der Waals surface area contributed by atoms with Crippen LogP contribution in [0.2, 0.25) is 0 Å². The number of carboxylic acids is 2. The number of hydrogen-bond donors (Lipinski definition) is 5. The zero-order chi connectivity index (χ0) is 40.9. The monoisotopic (exact) mass is 1080 g/mol. The number of aliphatic carboxylic acids is 2. The normalized spacial score (nSPS) is 30.1. The second-order valence-corrected chi connectivity index (χ2v) is 17.9. The van der Waals surface area contributed by atoms with Gasteiger partial charge in [-0.05, 0) is 76.2 Å². The number of hydrogen-bond acceptors (Lipinski definition) is 10. The average Bonchev–Trinajstić information content (AvgIpc) is 3.99. The van der Waals surface area contributed by atoms with Gasteiger partial charge in [-0.15, -0.1) is 0 Å². The second-order valence-electron chi connectivity index (χ2n) is 16.3. The number of alkyl halides is 1. The first kappa shape index (κ1) is 60.2. The molecule has 0 bridgehead atoms. The Balaban J connectivity index is 0.000000972. The molecule has 3 aliphatic heterocycles. The summed E-state index contributed by atoms with van der Waals surface area (Å²) in [5.41, 5.74) is 0. The summed E-state index contributed by atoms with van der Waals surface area (Å²) >= 11 is 2.38. The largest absolute Gasteiger partial charge is 1.00 e. The Bertz CT molecular complexity index is 1220. The maximum absolute atomic E-state index is 10.7. The molecule has 11 nitrogen and oxygen atoms in total. The van der Waals surface area contributed by atoms with Crippen LogP contribution in [0.3, 0.4) is 0 Å². The number of fused-ring (bicyclic) bond motifs is 2. The number of carbonyl (C=O) groups excluding carboxylic acids is 1. The molecule has 5 unspecified atom stereocenters. The molecular formula is C44H72I2Na2O11. The minimum atomic E-state index is -1.02. The van der Waals surface area contributed by atoms with Crippen LogP contribution in [-0.4, -0.2) is 97.3 Å². The van der Waals surface area contributed by atoms with Crippen LogP contribution in [0.1, 0.15) is 142 Å². The van der Waals surface area contributed by atoms with E-state index >= 15 is 0 Å². The molecular weight excluding hydrogens is 1000 g/mol. The van der Waals surface area contributed by atoms with Crippen molar-refractivity contribution >= 4 is 34.5 Å². The summed E-state index contributed by atoms with van der Waals surface area (Å²) in [5, 5.41) is 60.0. The molecule has 3 heterocycles. The van der Waals surface area contributed by atoms with Gasteiger partial charge in [0, 0.05) is 66.5 Å². The Hall–Kier alpha value is 1.18. The third-order valence-electron chi connectivity index (χ3n) is 11.7. The van der Waals surface area contributed by atoms with Gasteiger partial charge in [-0.25, -0.2) is 0 Å². The molecule has 0 amide bonds. The number of ether oxygens (including phenoxy) is 3. The van der Waals surface area contributed by atoms with Gasteiger partial charge in [0.15, 0.2) is 0 Å². The molecule has 5 fully saturated rings. The minimum absolute atomic E-state index is 0. The van der Waals surface area contributed by atoms with Crippen molar-refractivity contribution in [3.8, 4) is 0 Å². The third-order valence-corrected chi connectivity index (χ3v) is 13.2. The molecule has 0 aromatic heterocycles. The summed E-state index contributed by atoms with van der Waals surface area (Å²) in [7, 11) is 0. The predicted molar refractivity (Wildman–Crippen MR) is 223 cm³/mol. The van der Waals surface area contributed by atoms with Gasteiger partial charge in [0.2, 0.25) is 0 Å². The van der Waals surface area contributed by atoms with Crippen molar-refractivity contribution in [2.24, 2.45) is 23.7 Å². The molecule has 0 spiro atoms. The molecule has 12 atom stereocenters. The van der Waals surface area contributed by atoms with Gasteiger partial charge in [0.1, 0.15) is 6.10 Å². The van der Waals surface area contributed by atoms with Crippen LogP contribution in [0.5, 0.6) is 0 Å². The molecule has 2 aliphatic carbocycles. The summed E-state index contributed by atoms with van der Waals surface area (Å²) in [6.07, 6.45) is 24.8. The topological polar surface area (TPSA) is 186 Å². The van der Waals surface area contributed by atoms with Gasteiger partial charge >= 0.3 is 65.1 Å². The fraction of sp³-hybridized carbons (Fsp3) is 0.818. The number of aliphatic hydroxyl groups excluding tert-OH is 4. The third kappa shape index (κ3) is 23.3. The maximum Gasteiger partial charge on any atom is 1.00 e. The summed E-state index contributed by atoms with van der Waals surface area (Å²) in [6, 6.07) is 0. The molecule has 5 N–H and O–H groups in total. The SMILES string of the molecule is C1CCOC1.CCCCC[C@H](O)/C=C/[C@@H]1C2C/C(=C/CCCC(=O)[O-])OC2C[C@H]1O.CCCCC[C@H](O)/C=C/[C@@H]1C2C[C@@H](C(I)CCCC(=O)O)OC2C[C@H]1O.[I-].[Na+].[Na+]. The van der Waals surface area contributed by atoms with Crippen molar-refractivity contribution in [2.75, 3.05) is 13.2 Å². The quantitative estimate of drug-likeness (QED) is 0.0271. The van der Waals surface area contributed by atoms with E-state index in [4.69, 9.17) is 19.3 Å². The number of unbranched alkanes of at least 4 members (excludes halogenated alkanes) is 5. The fourth-order valence-corrected chi connectivity index (χ4v) is 9.47. The Labute approximate surface area is 429 Å². The average molecular weight is 1080 g/mol. The van der Waals surface area contributed by atoms with Crippen molar-refractivity contribution in [3.05, 3.63) is 36.1 Å². The summed E-state index contributed by atoms with van der Waals surface area (Å²) in [6.45, 7) is 6.29. The molecule has 5 rings (SSSR count). The van der Waals surface area contributed by atoms with E-state index in [2.05, 4.69) is 36.4 Å². The molecule has 59 heavy (non-hydrogen) atoms. The number of carboxylic acid groups (broad SMARTS) is 2. The number of halogens is 2. The molecule has 0 aromatic carbocycles. The standard InChI is InChI=1S/C20H33IO5.C20H32O5.C4H8O.HI.2Na/c1-2-3-4-6-13(22)9-10-14-15-11-19(26-18(15)12-17(14)23)16(21)7-5-8-20(24)25;1-2-3-4-7-14(21)10-11-16-17-12-15(8-5-6-9-20(23)24)25-19(17)13-18(16)22;1-2-4-5-3-1;;;/h9-10,13-19,22-23H,2-8,11-12H2,1H3,(H,24,25);8,10-11,14,16-19,21-22H,2-7,9,12-13H2,1H3,(H,23,24);1-4H2;1H;;/q;;;;2*+1/p-2/b10-9+;11-10+,15-8-;;;;/t13-,14+,15?,16?,17+,18?,19-;14-,16+,17?,18+,19?;;;;/m00..../s1. The number of aliphatic hydroxyl groups is 4. The van der Waals surface area contributed by atoms with Gasteiger partial charge in [-0.1, -0.05) is 99.3 Å². The van der Waals surface area contributed by atoms with Crippen molar-refractivity contribution in [1.29, 1.82) is 0 Å². The first-order valence-corrected chi connectivity index (χ1v) is 22.9. The van der Waals surface area contributed by atoms with E-state index in [1.54, 1.807) is 0 Å². The van der Waals surface area contributed by atoms with Crippen molar-refractivity contribution in [1.82, 2.24) is 0 Å². The van der Waals surface area contributed by atoms with Gasteiger partial charge in [-0.2, -0.15) is 0 Å². The molecule has 5 aliphatic rings. The van der Waals surface area contributed by atoms with Crippen LogP contribution in [0.4, 0.5) is 0 Å². The van der Waals surface area contributed by atoms with E-state index < -0.39 is 36.4 Å². The van der Waals surface area contributed by atoms with Crippen LogP contribution in [0.25, 0.3) is 0 Å². The van der Waals surface area contributed by atoms with Crippen LogP contribution in [-0.2, 0) is 23.8 Å². The van der Waals surface area contributed by atoms with Crippen molar-refractivity contribution < 1.29 is 138 Å². The van der Waals surface area contributed by atoms with Crippen molar-refractivity contribution in [3.63, 3.8) is 0 Å². The second kappa shape index (κ2) is 34.5. The van der Waals surface area contributed by atoms with Gasteiger partial charge in [0.05, 0.1) is 42.4 Å². The number of allylic oxidation sites excluding steroid dienone is 2. The first-order chi connectivity index (χ1) is 26.9. The van der Waals surface area contributed by atoms with E-state index in [1.165, 1.54) is 12.8 Å². The number of carbonyl (C=O) groups is 2. The van der Waals surface area contributed by atoms with Gasteiger partial charge < -0.3 is 73.6 Å². The van der Waals surface area contributed by atoms with E-state index in [-0.39, 0.29) is 132 Å². The summed E-state index contributed by atoms with van der Waals surface area (Å²) in [5.74, 6) is -0.264. The first-order valence-electron chi connectivity index (χ1n) is 21.7. The molecule has 0 radical (unpaired) electrons.